The van der Waals surface area contributed by atoms with Crippen LogP contribution in [0.3, 0.4) is 0 Å². The predicted molar refractivity (Wildman–Crippen MR) is 67.6 cm³/mol. The normalized spacial score (nSPS) is 9.12. The minimum Gasteiger partial charge on any atom is -0.494 e. The molecule has 0 fully saturated rings. The number of benzene rings is 1. The highest BCUT2D eigenvalue weighted by molar-refractivity contribution is 8.13. The van der Waals surface area contributed by atoms with Gasteiger partial charge in [0.25, 0.3) is 0 Å². The summed E-state index contributed by atoms with van der Waals surface area (Å²) in [5.41, 5.74) is 0.938. The first-order valence-electron chi connectivity index (χ1n) is 5.07. The lowest BCUT2D eigenvalue weighted by Gasteiger charge is -2.01. The second-order valence-electron chi connectivity index (χ2n) is 3.04. The van der Waals surface area contributed by atoms with Gasteiger partial charge >= 0.3 is 0 Å². The summed E-state index contributed by atoms with van der Waals surface area (Å²) in [6.07, 6.45) is 0. The molecule has 0 heterocycles. The summed E-state index contributed by atoms with van der Waals surface area (Å²) in [4.78, 5) is 10.7. The number of hydrogen-bond donors (Lipinski definition) is 0. The maximum Gasteiger partial charge on any atom is 0.186 e. The summed E-state index contributed by atoms with van der Waals surface area (Å²) >= 11 is 1.22. The fraction of sp³-hybridized carbons (Fsp3) is 0.308. The molecule has 1 aromatic rings. The number of carbonyl (C=O) groups excluding carboxylic acids is 1. The van der Waals surface area contributed by atoms with Crippen LogP contribution in [0.25, 0.3) is 0 Å². The van der Waals surface area contributed by atoms with Crippen molar-refractivity contribution in [1.82, 2.24) is 0 Å². The van der Waals surface area contributed by atoms with Crippen LogP contribution >= 0.6 is 11.8 Å². The zero-order valence-electron chi connectivity index (χ0n) is 9.45. The maximum absolute atomic E-state index is 10.7. The largest absolute Gasteiger partial charge is 0.494 e. The van der Waals surface area contributed by atoms with Crippen molar-refractivity contribution >= 4 is 16.9 Å². The van der Waals surface area contributed by atoms with E-state index in [1.54, 1.807) is 6.92 Å². The standard InChI is InChI=1S/C13H14O2S/c1-3-15-13-8-6-12(7-9-13)5-4-10-16-11(2)14/h6-9H,3,10H2,1-2H3. The van der Waals surface area contributed by atoms with Gasteiger partial charge in [0.2, 0.25) is 0 Å². The van der Waals surface area contributed by atoms with Gasteiger partial charge in [-0.15, -0.1) is 0 Å². The molecule has 0 bridgehead atoms. The van der Waals surface area contributed by atoms with E-state index in [4.69, 9.17) is 4.74 Å². The molecule has 0 N–H and O–H groups in total. The highest BCUT2D eigenvalue weighted by Crippen LogP contribution is 2.11. The highest BCUT2D eigenvalue weighted by atomic mass is 32.2. The number of rotatable bonds is 3. The molecule has 3 heteroatoms. The lowest BCUT2D eigenvalue weighted by atomic mass is 10.2. The first-order valence-corrected chi connectivity index (χ1v) is 6.06. The minimum atomic E-state index is 0.0981. The Labute approximate surface area is 100 Å². The molecular formula is C13H14O2S. The third kappa shape index (κ3) is 4.90. The summed E-state index contributed by atoms with van der Waals surface area (Å²) in [6, 6.07) is 7.62. The first-order chi connectivity index (χ1) is 7.72. The van der Waals surface area contributed by atoms with Gasteiger partial charge in [-0.2, -0.15) is 0 Å². The van der Waals surface area contributed by atoms with Gasteiger partial charge < -0.3 is 4.74 Å². The van der Waals surface area contributed by atoms with E-state index in [9.17, 15) is 4.79 Å². The number of hydrogen-bond acceptors (Lipinski definition) is 3. The van der Waals surface area contributed by atoms with Gasteiger partial charge in [-0.3, -0.25) is 4.79 Å². The lowest BCUT2D eigenvalue weighted by Crippen LogP contribution is -1.90. The zero-order chi connectivity index (χ0) is 11.8. The van der Waals surface area contributed by atoms with Crippen LogP contribution in [0.2, 0.25) is 0 Å². The van der Waals surface area contributed by atoms with Gasteiger partial charge in [0, 0.05) is 12.5 Å². The van der Waals surface area contributed by atoms with Crippen LogP contribution in [0.5, 0.6) is 5.75 Å². The fourth-order valence-electron chi connectivity index (χ4n) is 1.08. The Morgan fingerprint density at radius 1 is 1.38 bits per heavy atom. The molecule has 0 atom stereocenters. The average Bonchev–Trinajstić information content (AvgIpc) is 2.27. The van der Waals surface area contributed by atoms with Crippen molar-refractivity contribution in [1.29, 1.82) is 0 Å². The van der Waals surface area contributed by atoms with E-state index in [-0.39, 0.29) is 5.12 Å². The van der Waals surface area contributed by atoms with Crippen molar-refractivity contribution in [3.8, 4) is 17.6 Å². The van der Waals surface area contributed by atoms with E-state index >= 15 is 0 Å². The summed E-state index contributed by atoms with van der Waals surface area (Å²) in [7, 11) is 0. The van der Waals surface area contributed by atoms with Crippen molar-refractivity contribution in [2.45, 2.75) is 13.8 Å². The van der Waals surface area contributed by atoms with Gasteiger partial charge in [0.05, 0.1) is 12.4 Å². The predicted octanol–water partition coefficient (Wildman–Crippen LogP) is 2.72. The maximum atomic E-state index is 10.7. The van der Waals surface area contributed by atoms with Crippen LogP contribution in [-0.2, 0) is 4.79 Å². The molecule has 84 valence electrons. The molecule has 0 aromatic heterocycles. The van der Waals surface area contributed by atoms with Crippen LogP contribution < -0.4 is 4.74 Å². The smallest absolute Gasteiger partial charge is 0.186 e. The zero-order valence-corrected chi connectivity index (χ0v) is 10.3. The molecule has 1 rings (SSSR count). The minimum absolute atomic E-state index is 0.0981. The average molecular weight is 234 g/mol. The molecule has 16 heavy (non-hydrogen) atoms. The Morgan fingerprint density at radius 3 is 2.62 bits per heavy atom. The third-order valence-electron chi connectivity index (χ3n) is 1.75. The number of carbonyl (C=O) groups is 1. The van der Waals surface area contributed by atoms with Crippen LogP contribution in [0.4, 0.5) is 0 Å². The van der Waals surface area contributed by atoms with Crippen molar-refractivity contribution in [3.05, 3.63) is 29.8 Å². The lowest BCUT2D eigenvalue weighted by molar-refractivity contribution is -0.109. The molecular weight excluding hydrogens is 220 g/mol. The topological polar surface area (TPSA) is 26.3 Å². The molecule has 0 spiro atoms. The summed E-state index contributed by atoms with van der Waals surface area (Å²) in [5, 5.41) is 0.0981. The fourth-order valence-corrected chi connectivity index (χ4v) is 1.42. The number of thioether (sulfide) groups is 1. The third-order valence-corrected chi connectivity index (χ3v) is 2.44. The van der Waals surface area contributed by atoms with Crippen LogP contribution in [0, 0.1) is 11.8 Å². The van der Waals surface area contributed by atoms with E-state index in [1.165, 1.54) is 11.8 Å². The van der Waals surface area contributed by atoms with E-state index in [0.29, 0.717) is 12.4 Å². The van der Waals surface area contributed by atoms with Crippen LogP contribution in [-0.4, -0.2) is 17.5 Å². The van der Waals surface area contributed by atoms with E-state index < -0.39 is 0 Å². The van der Waals surface area contributed by atoms with Crippen molar-refractivity contribution in [2.24, 2.45) is 0 Å². The van der Waals surface area contributed by atoms with Gasteiger partial charge in [0.1, 0.15) is 5.75 Å². The van der Waals surface area contributed by atoms with Gasteiger partial charge in [-0.25, -0.2) is 0 Å². The molecule has 0 aliphatic rings. The molecule has 0 saturated carbocycles. The first kappa shape index (κ1) is 12.7. The summed E-state index contributed by atoms with van der Waals surface area (Å²) < 4.78 is 5.32. The monoisotopic (exact) mass is 234 g/mol. The van der Waals surface area contributed by atoms with Crippen LogP contribution in [0.1, 0.15) is 19.4 Å². The van der Waals surface area contributed by atoms with Gasteiger partial charge in [-0.1, -0.05) is 23.6 Å². The Balaban J connectivity index is 2.51. The molecule has 0 radical (unpaired) electrons. The molecule has 0 aliphatic carbocycles. The van der Waals surface area contributed by atoms with E-state index in [0.717, 1.165) is 11.3 Å². The Hall–Kier alpha value is -1.40. The van der Waals surface area contributed by atoms with Crippen molar-refractivity contribution in [3.63, 3.8) is 0 Å². The second kappa shape index (κ2) is 6.97. The molecule has 0 saturated heterocycles. The van der Waals surface area contributed by atoms with E-state index in [1.807, 2.05) is 31.2 Å². The Morgan fingerprint density at radius 2 is 2.06 bits per heavy atom. The quantitative estimate of drug-likeness (QED) is 0.752. The second-order valence-corrected chi connectivity index (χ2v) is 4.19. The SMILES string of the molecule is CCOc1ccc(C#CCSC(C)=O)cc1. The molecule has 0 unspecified atom stereocenters. The number of ether oxygens (including phenoxy) is 1. The highest BCUT2D eigenvalue weighted by Gasteiger charge is 1.92. The van der Waals surface area contributed by atoms with Crippen molar-refractivity contribution in [2.75, 3.05) is 12.4 Å². The van der Waals surface area contributed by atoms with E-state index in [2.05, 4.69) is 11.8 Å². The van der Waals surface area contributed by atoms with Gasteiger partial charge in [-0.05, 0) is 31.2 Å². The van der Waals surface area contributed by atoms with Gasteiger partial charge in [0.15, 0.2) is 5.12 Å². The van der Waals surface area contributed by atoms with Crippen molar-refractivity contribution < 1.29 is 9.53 Å². The Bertz CT molecular complexity index is 398. The molecule has 2 nitrogen and oxygen atoms in total. The Kier molecular flexibility index (Phi) is 5.52. The molecule has 0 aliphatic heterocycles. The molecule has 0 amide bonds. The van der Waals surface area contributed by atoms with Crippen LogP contribution in [0.15, 0.2) is 24.3 Å². The summed E-state index contributed by atoms with van der Waals surface area (Å²) in [6.45, 7) is 4.16. The molecule has 1 aromatic carbocycles. The summed E-state index contributed by atoms with van der Waals surface area (Å²) in [5.74, 6) is 7.32.